The number of carbonyl (C=O) groups is 1. The predicted octanol–water partition coefficient (Wildman–Crippen LogP) is 1.87. The van der Waals surface area contributed by atoms with Crippen LogP contribution in [0.3, 0.4) is 0 Å². The Hall–Kier alpha value is -1.40. The van der Waals surface area contributed by atoms with Crippen LogP contribution in [0.1, 0.15) is 36.5 Å². The van der Waals surface area contributed by atoms with Crippen molar-refractivity contribution in [1.82, 2.24) is 9.62 Å². The first-order valence-electron chi connectivity index (χ1n) is 7.84. The van der Waals surface area contributed by atoms with Gasteiger partial charge in [-0.1, -0.05) is 25.1 Å². The zero-order valence-electron chi connectivity index (χ0n) is 13.0. The molecule has 5 nitrogen and oxygen atoms in total. The molecule has 0 aliphatic carbocycles. The number of rotatable bonds is 6. The Morgan fingerprint density at radius 1 is 1.23 bits per heavy atom. The van der Waals surface area contributed by atoms with E-state index in [0.717, 1.165) is 12.8 Å². The van der Waals surface area contributed by atoms with Crippen LogP contribution in [-0.2, 0) is 10.0 Å². The van der Waals surface area contributed by atoms with Gasteiger partial charge < -0.3 is 5.32 Å². The largest absolute Gasteiger partial charge is 0.352 e. The van der Waals surface area contributed by atoms with Crippen LogP contribution in [0.5, 0.6) is 0 Å². The number of piperidine rings is 1. The molecule has 1 heterocycles. The lowest BCUT2D eigenvalue weighted by Gasteiger charge is -2.31. The monoisotopic (exact) mass is 324 g/mol. The lowest BCUT2D eigenvalue weighted by molar-refractivity contribution is 0.0941. The van der Waals surface area contributed by atoms with Gasteiger partial charge in [0.1, 0.15) is 0 Å². The fourth-order valence-corrected chi connectivity index (χ4v) is 4.25. The van der Waals surface area contributed by atoms with Crippen molar-refractivity contribution in [3.05, 3.63) is 35.9 Å². The van der Waals surface area contributed by atoms with E-state index in [1.54, 1.807) is 16.4 Å². The molecule has 1 saturated heterocycles. The molecule has 0 saturated carbocycles. The summed E-state index contributed by atoms with van der Waals surface area (Å²) in [7, 11) is -3.09. The summed E-state index contributed by atoms with van der Waals surface area (Å²) in [5.41, 5.74) is 0.658. The molecule has 0 aromatic heterocycles. The van der Waals surface area contributed by atoms with Gasteiger partial charge >= 0.3 is 0 Å². The van der Waals surface area contributed by atoms with Crippen molar-refractivity contribution in [2.24, 2.45) is 5.92 Å². The Morgan fingerprint density at radius 3 is 2.45 bits per heavy atom. The molecule has 1 N–H and O–H groups in total. The van der Waals surface area contributed by atoms with Crippen LogP contribution in [0, 0.1) is 5.92 Å². The molecule has 22 heavy (non-hydrogen) atoms. The summed E-state index contributed by atoms with van der Waals surface area (Å²) in [4.78, 5) is 12.0. The Bertz CT molecular complexity index is 579. The number of nitrogens with zero attached hydrogens (tertiary/aromatic N) is 1. The van der Waals surface area contributed by atoms with Gasteiger partial charge in [-0.2, -0.15) is 0 Å². The first-order valence-corrected chi connectivity index (χ1v) is 9.45. The van der Waals surface area contributed by atoms with E-state index in [-0.39, 0.29) is 11.7 Å². The van der Waals surface area contributed by atoms with Crippen molar-refractivity contribution in [3.63, 3.8) is 0 Å². The number of benzene rings is 1. The highest BCUT2D eigenvalue weighted by molar-refractivity contribution is 7.89. The molecule has 0 radical (unpaired) electrons. The molecule has 1 aliphatic heterocycles. The van der Waals surface area contributed by atoms with E-state index < -0.39 is 10.0 Å². The van der Waals surface area contributed by atoms with Crippen molar-refractivity contribution in [2.75, 3.05) is 25.4 Å². The lowest BCUT2D eigenvalue weighted by Crippen LogP contribution is -2.42. The Balaban J connectivity index is 1.77. The molecule has 0 atom stereocenters. The Morgan fingerprint density at radius 2 is 1.86 bits per heavy atom. The maximum Gasteiger partial charge on any atom is 0.251 e. The zero-order valence-corrected chi connectivity index (χ0v) is 13.8. The summed E-state index contributed by atoms with van der Waals surface area (Å²) in [5.74, 6) is 0.505. The third kappa shape index (κ3) is 4.55. The van der Waals surface area contributed by atoms with E-state index in [1.807, 2.05) is 25.1 Å². The predicted molar refractivity (Wildman–Crippen MR) is 87.2 cm³/mol. The van der Waals surface area contributed by atoms with Crippen LogP contribution in [-0.4, -0.2) is 44.0 Å². The summed E-state index contributed by atoms with van der Waals surface area (Å²) in [6.07, 6.45) is 2.26. The minimum absolute atomic E-state index is 0.0679. The van der Waals surface area contributed by atoms with Crippen molar-refractivity contribution in [1.29, 1.82) is 0 Å². The SMILES string of the molecule is CCCS(=O)(=O)N1CCC(CNC(=O)c2ccccc2)CC1. The first-order chi connectivity index (χ1) is 10.5. The van der Waals surface area contributed by atoms with E-state index in [0.29, 0.717) is 37.5 Å². The molecule has 1 aromatic carbocycles. The van der Waals surface area contributed by atoms with Crippen LogP contribution in [0.15, 0.2) is 30.3 Å². The first kappa shape index (κ1) is 17.0. The maximum atomic E-state index is 12.0. The summed E-state index contributed by atoms with van der Waals surface area (Å²) in [6, 6.07) is 9.13. The van der Waals surface area contributed by atoms with Gasteiger partial charge in [0, 0.05) is 25.2 Å². The number of carbonyl (C=O) groups excluding carboxylic acids is 1. The third-order valence-corrected chi connectivity index (χ3v) is 6.09. The van der Waals surface area contributed by atoms with E-state index in [9.17, 15) is 13.2 Å². The molecule has 0 spiro atoms. The smallest absolute Gasteiger partial charge is 0.251 e. The average molecular weight is 324 g/mol. The van der Waals surface area contributed by atoms with Crippen LogP contribution in [0.4, 0.5) is 0 Å². The second-order valence-electron chi connectivity index (χ2n) is 5.73. The van der Waals surface area contributed by atoms with Gasteiger partial charge in [-0.3, -0.25) is 4.79 Å². The minimum atomic E-state index is -3.09. The molecule has 1 aliphatic rings. The molecule has 1 amide bonds. The quantitative estimate of drug-likeness (QED) is 0.868. The molecule has 1 aromatic rings. The van der Waals surface area contributed by atoms with Gasteiger partial charge in [-0.25, -0.2) is 12.7 Å². The fraction of sp³-hybridized carbons (Fsp3) is 0.562. The normalized spacial score (nSPS) is 17.3. The van der Waals surface area contributed by atoms with Gasteiger partial charge in [0.2, 0.25) is 10.0 Å². The molecule has 122 valence electrons. The van der Waals surface area contributed by atoms with Crippen molar-refractivity contribution >= 4 is 15.9 Å². The molecule has 1 fully saturated rings. The maximum absolute atomic E-state index is 12.0. The number of hydrogen-bond donors (Lipinski definition) is 1. The summed E-state index contributed by atoms with van der Waals surface area (Å²) in [5, 5.41) is 2.94. The number of sulfonamides is 1. The van der Waals surface area contributed by atoms with E-state index in [2.05, 4.69) is 5.32 Å². The van der Waals surface area contributed by atoms with E-state index in [1.165, 1.54) is 0 Å². The number of amides is 1. The average Bonchev–Trinajstić information content (AvgIpc) is 2.54. The zero-order chi connectivity index (χ0) is 16.0. The second kappa shape index (κ2) is 7.74. The van der Waals surface area contributed by atoms with Gasteiger partial charge in [0.15, 0.2) is 0 Å². The second-order valence-corrected chi connectivity index (χ2v) is 7.82. The topological polar surface area (TPSA) is 66.5 Å². The Kier molecular flexibility index (Phi) is 5.97. The highest BCUT2D eigenvalue weighted by atomic mass is 32.2. The van der Waals surface area contributed by atoms with Crippen LogP contribution in [0.25, 0.3) is 0 Å². The van der Waals surface area contributed by atoms with Gasteiger partial charge in [0.05, 0.1) is 5.75 Å². The molecule has 0 unspecified atom stereocenters. The number of hydrogen-bond acceptors (Lipinski definition) is 3. The van der Waals surface area contributed by atoms with Crippen molar-refractivity contribution in [2.45, 2.75) is 26.2 Å². The van der Waals surface area contributed by atoms with Gasteiger partial charge in [-0.05, 0) is 37.3 Å². The minimum Gasteiger partial charge on any atom is -0.352 e. The van der Waals surface area contributed by atoms with Crippen molar-refractivity contribution in [3.8, 4) is 0 Å². The van der Waals surface area contributed by atoms with Crippen LogP contribution < -0.4 is 5.32 Å². The highest BCUT2D eigenvalue weighted by Crippen LogP contribution is 2.19. The van der Waals surface area contributed by atoms with E-state index >= 15 is 0 Å². The number of nitrogens with one attached hydrogen (secondary N) is 1. The van der Waals surface area contributed by atoms with E-state index in [4.69, 9.17) is 0 Å². The van der Waals surface area contributed by atoms with Crippen molar-refractivity contribution < 1.29 is 13.2 Å². The fourth-order valence-electron chi connectivity index (χ4n) is 2.71. The summed E-state index contributed by atoms with van der Waals surface area (Å²) in [6.45, 7) is 3.61. The summed E-state index contributed by atoms with van der Waals surface area (Å²) < 4.78 is 25.6. The third-order valence-electron chi connectivity index (χ3n) is 4.02. The van der Waals surface area contributed by atoms with Crippen LogP contribution >= 0.6 is 0 Å². The molecule has 0 bridgehead atoms. The Labute approximate surface area is 132 Å². The molecular formula is C16H24N2O3S. The highest BCUT2D eigenvalue weighted by Gasteiger charge is 2.27. The van der Waals surface area contributed by atoms with Gasteiger partial charge in [0.25, 0.3) is 5.91 Å². The summed E-state index contributed by atoms with van der Waals surface area (Å²) >= 11 is 0. The molecular weight excluding hydrogens is 300 g/mol. The van der Waals surface area contributed by atoms with Gasteiger partial charge in [-0.15, -0.1) is 0 Å². The van der Waals surface area contributed by atoms with Crippen LogP contribution in [0.2, 0.25) is 0 Å². The molecule has 2 rings (SSSR count). The molecule has 6 heteroatoms. The standard InChI is InChI=1S/C16H24N2O3S/c1-2-12-22(20,21)18-10-8-14(9-11-18)13-17-16(19)15-6-4-3-5-7-15/h3-7,14H,2,8-13H2,1H3,(H,17,19). The lowest BCUT2D eigenvalue weighted by atomic mass is 9.98.